The van der Waals surface area contributed by atoms with Gasteiger partial charge in [-0.15, -0.1) is 11.3 Å². The number of hydrogen-bond donors (Lipinski definition) is 0. The minimum atomic E-state index is -0.770. The van der Waals surface area contributed by atoms with Gasteiger partial charge in [0.1, 0.15) is 11.4 Å². The number of nitrogens with zero attached hydrogens (tertiary/aromatic N) is 2. The Morgan fingerprint density at radius 1 is 1.14 bits per heavy atom. The molecule has 138 valence electrons. The lowest BCUT2D eigenvalue weighted by atomic mass is 9.99. The van der Waals surface area contributed by atoms with Gasteiger partial charge in [0.15, 0.2) is 10.6 Å². The number of hydrogen-bond acceptors (Lipinski definition) is 5. The lowest BCUT2D eigenvalue weighted by molar-refractivity contribution is 0.0971. The van der Waals surface area contributed by atoms with Crippen molar-refractivity contribution >= 4 is 44.9 Å². The third-order valence-corrected chi connectivity index (χ3v) is 5.65. The van der Waals surface area contributed by atoms with Crippen LogP contribution in [0.4, 0.5) is 9.52 Å². The SMILES string of the molecule is O=C1c2oc3ccc(Cl)cc3c(=O)c2C(c2ccc(F)cc2)N1c1nccs1. The van der Waals surface area contributed by atoms with Crippen LogP contribution in [0, 0.1) is 5.82 Å². The van der Waals surface area contributed by atoms with Crippen LogP contribution < -0.4 is 10.3 Å². The smallest absolute Gasteiger partial charge is 0.297 e. The Morgan fingerprint density at radius 2 is 1.93 bits per heavy atom. The molecule has 1 atom stereocenters. The molecule has 0 bridgehead atoms. The number of rotatable bonds is 2. The molecule has 4 aromatic rings. The van der Waals surface area contributed by atoms with Crippen molar-refractivity contribution in [2.75, 3.05) is 4.90 Å². The van der Waals surface area contributed by atoms with Crippen LogP contribution in [0.1, 0.15) is 27.7 Å². The summed E-state index contributed by atoms with van der Waals surface area (Å²) in [5, 5.41) is 2.83. The molecule has 0 saturated carbocycles. The standard InChI is InChI=1S/C20H10ClFN2O3S/c21-11-3-6-14-13(9-11)17(25)15-16(10-1-4-12(22)5-2-10)24(19(26)18(15)27-14)20-23-7-8-28-20/h1-9,16H. The second kappa shape index (κ2) is 6.25. The molecule has 0 fully saturated rings. The first-order valence-electron chi connectivity index (χ1n) is 8.29. The van der Waals surface area contributed by atoms with Gasteiger partial charge in [0.2, 0.25) is 5.76 Å². The molecule has 1 aliphatic rings. The van der Waals surface area contributed by atoms with Gasteiger partial charge in [0.25, 0.3) is 5.91 Å². The molecule has 2 aromatic heterocycles. The second-order valence-electron chi connectivity index (χ2n) is 6.26. The summed E-state index contributed by atoms with van der Waals surface area (Å²) >= 11 is 7.31. The van der Waals surface area contributed by atoms with Crippen molar-refractivity contribution in [2.24, 2.45) is 0 Å². The highest BCUT2D eigenvalue weighted by molar-refractivity contribution is 7.13. The average Bonchev–Trinajstić information content (AvgIpc) is 3.30. The molecule has 5 nitrogen and oxygen atoms in total. The quantitative estimate of drug-likeness (QED) is 0.474. The van der Waals surface area contributed by atoms with E-state index in [1.54, 1.807) is 35.8 Å². The first kappa shape index (κ1) is 17.1. The summed E-state index contributed by atoms with van der Waals surface area (Å²) in [5.74, 6) is -0.913. The Bertz CT molecular complexity index is 1290. The molecule has 28 heavy (non-hydrogen) atoms. The van der Waals surface area contributed by atoms with E-state index in [-0.39, 0.29) is 27.7 Å². The van der Waals surface area contributed by atoms with Crippen molar-refractivity contribution in [3.05, 3.63) is 92.0 Å². The first-order valence-corrected chi connectivity index (χ1v) is 9.55. The molecule has 0 saturated heterocycles. The van der Waals surface area contributed by atoms with Crippen LogP contribution in [0.25, 0.3) is 11.0 Å². The van der Waals surface area contributed by atoms with E-state index in [9.17, 15) is 14.0 Å². The molecular formula is C20H10ClFN2O3S. The third kappa shape index (κ3) is 2.47. The lowest BCUT2D eigenvalue weighted by Crippen LogP contribution is -2.29. The van der Waals surface area contributed by atoms with E-state index in [1.165, 1.54) is 34.4 Å². The number of anilines is 1. The number of fused-ring (bicyclic) bond motifs is 2. The van der Waals surface area contributed by atoms with Crippen molar-refractivity contribution in [3.63, 3.8) is 0 Å². The number of aromatic nitrogens is 1. The number of thiazole rings is 1. The molecule has 5 rings (SSSR count). The van der Waals surface area contributed by atoms with Gasteiger partial charge < -0.3 is 4.42 Å². The van der Waals surface area contributed by atoms with Crippen LogP contribution in [0.15, 0.2) is 63.3 Å². The molecule has 0 aliphatic carbocycles. The average molecular weight is 413 g/mol. The van der Waals surface area contributed by atoms with Crippen LogP contribution in [-0.4, -0.2) is 10.9 Å². The van der Waals surface area contributed by atoms with Gasteiger partial charge in [-0.2, -0.15) is 0 Å². The normalized spacial score (nSPS) is 16.0. The minimum absolute atomic E-state index is 0.0376. The van der Waals surface area contributed by atoms with E-state index in [0.29, 0.717) is 15.7 Å². The van der Waals surface area contributed by atoms with Gasteiger partial charge in [-0.25, -0.2) is 9.37 Å². The maximum absolute atomic E-state index is 13.5. The van der Waals surface area contributed by atoms with Crippen LogP contribution in [0.5, 0.6) is 0 Å². The van der Waals surface area contributed by atoms with Crippen molar-refractivity contribution < 1.29 is 13.6 Å². The Labute approximate surface area is 166 Å². The zero-order valence-corrected chi connectivity index (χ0v) is 15.6. The van der Waals surface area contributed by atoms with Crippen molar-refractivity contribution in [2.45, 2.75) is 6.04 Å². The predicted octanol–water partition coefficient (Wildman–Crippen LogP) is 4.79. The van der Waals surface area contributed by atoms with Gasteiger partial charge in [-0.3, -0.25) is 14.5 Å². The Kier molecular flexibility index (Phi) is 3.82. The Balaban J connectivity index is 1.83. The largest absolute Gasteiger partial charge is 0.450 e. The van der Waals surface area contributed by atoms with Gasteiger partial charge in [-0.1, -0.05) is 23.7 Å². The number of carbonyl (C=O) groups excluding carboxylic acids is 1. The van der Waals surface area contributed by atoms with Crippen molar-refractivity contribution in [1.29, 1.82) is 0 Å². The maximum Gasteiger partial charge on any atom is 0.297 e. The Hall–Kier alpha value is -3.03. The predicted molar refractivity (Wildman–Crippen MR) is 105 cm³/mol. The van der Waals surface area contributed by atoms with E-state index in [0.717, 1.165) is 0 Å². The summed E-state index contributed by atoms with van der Waals surface area (Å²) < 4.78 is 19.3. The van der Waals surface area contributed by atoms with Crippen molar-refractivity contribution in [3.8, 4) is 0 Å². The molecule has 8 heteroatoms. The molecular weight excluding hydrogens is 403 g/mol. The van der Waals surface area contributed by atoms with Crippen LogP contribution in [-0.2, 0) is 0 Å². The number of amides is 1. The first-order chi connectivity index (χ1) is 13.5. The van der Waals surface area contributed by atoms with E-state index >= 15 is 0 Å². The van der Waals surface area contributed by atoms with E-state index < -0.39 is 17.8 Å². The number of halogens is 2. The molecule has 0 radical (unpaired) electrons. The summed E-state index contributed by atoms with van der Waals surface area (Å²) in [6.45, 7) is 0. The zero-order chi connectivity index (χ0) is 19.4. The molecule has 0 N–H and O–H groups in total. The minimum Gasteiger partial charge on any atom is -0.450 e. The third-order valence-electron chi connectivity index (χ3n) is 4.64. The molecule has 1 amide bonds. The summed E-state index contributed by atoms with van der Waals surface area (Å²) in [4.78, 5) is 32.1. The number of benzene rings is 2. The van der Waals surface area contributed by atoms with Gasteiger partial charge in [0, 0.05) is 16.6 Å². The fourth-order valence-corrected chi connectivity index (χ4v) is 4.28. The van der Waals surface area contributed by atoms with E-state index in [4.69, 9.17) is 16.0 Å². The molecule has 0 spiro atoms. The molecule has 1 aliphatic heterocycles. The zero-order valence-electron chi connectivity index (χ0n) is 14.1. The summed E-state index contributed by atoms with van der Waals surface area (Å²) in [6, 6.07) is 9.57. The highest BCUT2D eigenvalue weighted by atomic mass is 35.5. The molecule has 2 aromatic carbocycles. The fourth-order valence-electron chi connectivity index (χ4n) is 3.44. The fraction of sp³-hybridized carbons (Fsp3) is 0.0500. The van der Waals surface area contributed by atoms with Crippen LogP contribution >= 0.6 is 22.9 Å². The van der Waals surface area contributed by atoms with E-state index in [2.05, 4.69) is 4.98 Å². The van der Waals surface area contributed by atoms with E-state index in [1.807, 2.05) is 0 Å². The van der Waals surface area contributed by atoms with Gasteiger partial charge in [-0.05, 0) is 35.9 Å². The highest BCUT2D eigenvalue weighted by Gasteiger charge is 2.44. The monoisotopic (exact) mass is 412 g/mol. The summed E-state index contributed by atoms with van der Waals surface area (Å²) in [7, 11) is 0. The van der Waals surface area contributed by atoms with Gasteiger partial charge >= 0.3 is 0 Å². The molecule has 3 heterocycles. The summed E-state index contributed by atoms with van der Waals surface area (Å²) in [6.07, 6.45) is 1.57. The van der Waals surface area contributed by atoms with Crippen LogP contribution in [0.2, 0.25) is 5.02 Å². The van der Waals surface area contributed by atoms with Crippen molar-refractivity contribution in [1.82, 2.24) is 4.98 Å². The lowest BCUT2D eigenvalue weighted by Gasteiger charge is -2.22. The van der Waals surface area contributed by atoms with Gasteiger partial charge in [0.05, 0.1) is 17.0 Å². The van der Waals surface area contributed by atoms with Crippen LogP contribution in [0.3, 0.4) is 0 Å². The second-order valence-corrected chi connectivity index (χ2v) is 7.57. The highest BCUT2D eigenvalue weighted by Crippen LogP contribution is 2.41. The molecule has 1 unspecified atom stereocenters. The summed E-state index contributed by atoms with van der Waals surface area (Å²) in [5.41, 5.74) is 0.708. The maximum atomic E-state index is 13.5. The topological polar surface area (TPSA) is 63.4 Å². The number of carbonyl (C=O) groups is 1. The Morgan fingerprint density at radius 3 is 2.64 bits per heavy atom.